The molecule has 0 aromatic rings. The lowest BCUT2D eigenvalue weighted by molar-refractivity contribution is -0.130. The van der Waals surface area contributed by atoms with E-state index in [1.807, 2.05) is 0 Å². The van der Waals surface area contributed by atoms with Gasteiger partial charge in [-0.1, -0.05) is 12.2 Å². The van der Waals surface area contributed by atoms with Crippen molar-refractivity contribution in [3.05, 3.63) is 0 Å². The molecule has 1 saturated carbocycles. The van der Waals surface area contributed by atoms with Crippen LogP contribution in [0.3, 0.4) is 0 Å². The van der Waals surface area contributed by atoms with Gasteiger partial charge in [-0.3, -0.25) is 9.59 Å². The van der Waals surface area contributed by atoms with E-state index in [2.05, 4.69) is 12.2 Å². The van der Waals surface area contributed by atoms with Crippen molar-refractivity contribution < 1.29 is 9.59 Å². The Bertz CT molecular complexity index is 170. The third-order valence-electron chi connectivity index (χ3n) is 1.57. The predicted molar refractivity (Wildman–Crippen MR) is 41.0 cm³/mol. The molecule has 0 aromatic heterocycles. The fourth-order valence-electron chi connectivity index (χ4n) is 1.12. The predicted octanol–water partition coefficient (Wildman–Crippen LogP) is 0.924. The highest BCUT2D eigenvalue weighted by Crippen LogP contribution is 2.16. The first-order chi connectivity index (χ1) is 4.72. The summed E-state index contributed by atoms with van der Waals surface area (Å²) in [5, 5.41) is 1.52. The lowest BCUT2D eigenvalue weighted by atomic mass is 9.89. The van der Waals surface area contributed by atoms with Crippen LogP contribution in [-0.2, 0) is 9.59 Å². The lowest BCUT2D eigenvalue weighted by Crippen LogP contribution is -2.22. The first-order valence-corrected chi connectivity index (χ1v) is 3.68. The standard InChI is InChI=1S/C7H8O2S/c8-6-1-5(4-10)2-7(9)3-6/h4-5H,1-3H2. The molecular formula is C7H8O2S. The van der Waals surface area contributed by atoms with Gasteiger partial charge in [0.15, 0.2) is 0 Å². The maximum atomic E-state index is 10.8. The molecular weight excluding hydrogens is 148 g/mol. The molecule has 0 atom stereocenters. The van der Waals surface area contributed by atoms with Crippen molar-refractivity contribution in [2.45, 2.75) is 19.3 Å². The van der Waals surface area contributed by atoms with Crippen molar-refractivity contribution in [2.75, 3.05) is 0 Å². The highest BCUT2D eigenvalue weighted by Gasteiger charge is 2.23. The zero-order valence-electron chi connectivity index (χ0n) is 5.50. The minimum Gasteiger partial charge on any atom is -0.299 e. The van der Waals surface area contributed by atoms with Crippen LogP contribution in [0.1, 0.15) is 19.3 Å². The topological polar surface area (TPSA) is 34.1 Å². The van der Waals surface area contributed by atoms with E-state index in [1.165, 1.54) is 5.37 Å². The molecule has 0 N–H and O–H groups in total. The van der Waals surface area contributed by atoms with Crippen LogP contribution in [0.5, 0.6) is 0 Å². The van der Waals surface area contributed by atoms with Gasteiger partial charge in [-0.2, -0.15) is 0 Å². The lowest BCUT2D eigenvalue weighted by Gasteiger charge is -2.14. The molecule has 0 radical (unpaired) electrons. The van der Waals surface area contributed by atoms with Crippen LogP contribution in [0, 0.1) is 5.92 Å². The fourth-order valence-corrected chi connectivity index (χ4v) is 1.31. The Balaban J connectivity index is 2.58. The van der Waals surface area contributed by atoms with Gasteiger partial charge >= 0.3 is 0 Å². The van der Waals surface area contributed by atoms with Crippen LogP contribution < -0.4 is 0 Å². The Labute approximate surface area is 64.6 Å². The van der Waals surface area contributed by atoms with Gasteiger partial charge in [-0.15, -0.1) is 0 Å². The maximum absolute atomic E-state index is 10.8. The summed E-state index contributed by atoms with van der Waals surface area (Å²) in [6.45, 7) is 0. The van der Waals surface area contributed by atoms with Crippen molar-refractivity contribution in [1.82, 2.24) is 0 Å². The molecule has 54 valence electrons. The quantitative estimate of drug-likeness (QED) is 0.418. The smallest absolute Gasteiger partial charge is 0.140 e. The van der Waals surface area contributed by atoms with Crippen LogP contribution in [0.15, 0.2) is 0 Å². The molecule has 3 heteroatoms. The van der Waals surface area contributed by atoms with E-state index in [-0.39, 0.29) is 23.9 Å². The second-order valence-corrected chi connectivity index (χ2v) is 2.83. The molecule has 2 nitrogen and oxygen atoms in total. The number of thiocarbonyl (C=S) groups is 1. The van der Waals surface area contributed by atoms with E-state index in [1.54, 1.807) is 0 Å². The van der Waals surface area contributed by atoms with E-state index in [0.29, 0.717) is 12.8 Å². The molecule has 1 aliphatic rings. The number of ketones is 2. The normalized spacial score (nSPS) is 21.2. The highest BCUT2D eigenvalue weighted by atomic mass is 32.1. The average molecular weight is 156 g/mol. The van der Waals surface area contributed by atoms with Gasteiger partial charge in [-0.05, 0) is 5.37 Å². The van der Waals surface area contributed by atoms with Gasteiger partial charge in [0, 0.05) is 18.8 Å². The Morgan fingerprint density at radius 2 is 1.80 bits per heavy atom. The monoisotopic (exact) mass is 156 g/mol. The molecule has 0 heterocycles. The minimum absolute atomic E-state index is 0.0300. The van der Waals surface area contributed by atoms with Crippen molar-refractivity contribution >= 4 is 29.2 Å². The molecule has 0 unspecified atom stereocenters. The fraction of sp³-hybridized carbons (Fsp3) is 0.571. The van der Waals surface area contributed by atoms with Crippen molar-refractivity contribution in [1.29, 1.82) is 0 Å². The average Bonchev–Trinajstić information content (AvgIpc) is 1.85. The van der Waals surface area contributed by atoms with Gasteiger partial charge in [0.2, 0.25) is 0 Å². The van der Waals surface area contributed by atoms with Gasteiger partial charge in [-0.25, -0.2) is 0 Å². The molecule has 0 aliphatic heterocycles. The molecule has 1 rings (SSSR count). The molecule has 10 heavy (non-hydrogen) atoms. The number of hydrogen-bond acceptors (Lipinski definition) is 3. The Hall–Kier alpha value is -0.570. The molecule has 1 fully saturated rings. The Kier molecular flexibility index (Phi) is 2.27. The zero-order valence-corrected chi connectivity index (χ0v) is 6.32. The second kappa shape index (κ2) is 3.01. The summed E-state index contributed by atoms with van der Waals surface area (Å²) in [6, 6.07) is 0. The number of hydrogen-bond donors (Lipinski definition) is 0. The third kappa shape index (κ3) is 1.70. The molecule has 0 bridgehead atoms. The van der Waals surface area contributed by atoms with E-state index < -0.39 is 0 Å². The van der Waals surface area contributed by atoms with Crippen molar-refractivity contribution in [3.8, 4) is 0 Å². The van der Waals surface area contributed by atoms with Gasteiger partial charge < -0.3 is 0 Å². The summed E-state index contributed by atoms with van der Waals surface area (Å²) in [4.78, 5) is 21.5. The van der Waals surface area contributed by atoms with E-state index in [0.717, 1.165) is 0 Å². The van der Waals surface area contributed by atoms with Crippen molar-refractivity contribution in [2.24, 2.45) is 5.92 Å². The van der Waals surface area contributed by atoms with Crippen LogP contribution in [-0.4, -0.2) is 16.9 Å². The number of carbonyl (C=O) groups is 2. The van der Waals surface area contributed by atoms with E-state index in [4.69, 9.17) is 0 Å². The zero-order chi connectivity index (χ0) is 7.56. The summed E-state index contributed by atoms with van der Waals surface area (Å²) in [5.74, 6) is 0.0912. The summed E-state index contributed by atoms with van der Waals surface area (Å²) in [7, 11) is 0. The minimum atomic E-state index is 0.0300. The summed E-state index contributed by atoms with van der Waals surface area (Å²) in [6.07, 6.45) is 1.06. The van der Waals surface area contributed by atoms with Crippen molar-refractivity contribution in [3.63, 3.8) is 0 Å². The molecule has 0 spiro atoms. The molecule has 0 aromatic carbocycles. The molecule has 1 aliphatic carbocycles. The van der Waals surface area contributed by atoms with Crippen LogP contribution in [0.25, 0.3) is 0 Å². The SMILES string of the molecule is O=C1CC(=O)CC(C=S)C1. The Morgan fingerprint density at radius 1 is 1.30 bits per heavy atom. The van der Waals surface area contributed by atoms with Crippen LogP contribution in [0.4, 0.5) is 0 Å². The largest absolute Gasteiger partial charge is 0.299 e. The summed E-state index contributed by atoms with van der Waals surface area (Å²) >= 11 is 4.65. The maximum Gasteiger partial charge on any atom is 0.140 e. The molecule has 0 saturated heterocycles. The summed E-state index contributed by atoms with van der Waals surface area (Å²) in [5.41, 5.74) is 0. The Morgan fingerprint density at radius 3 is 2.20 bits per heavy atom. The van der Waals surface area contributed by atoms with E-state index >= 15 is 0 Å². The third-order valence-corrected chi connectivity index (χ3v) is 1.95. The first-order valence-electron chi connectivity index (χ1n) is 3.21. The van der Waals surface area contributed by atoms with Gasteiger partial charge in [0.1, 0.15) is 11.6 Å². The van der Waals surface area contributed by atoms with Gasteiger partial charge in [0.05, 0.1) is 6.42 Å². The number of carbonyl (C=O) groups excluding carboxylic acids is 2. The first kappa shape index (κ1) is 7.54. The van der Waals surface area contributed by atoms with E-state index in [9.17, 15) is 9.59 Å². The van der Waals surface area contributed by atoms with Crippen LogP contribution in [0.2, 0.25) is 0 Å². The number of Topliss-reactive ketones (excluding diaryl/α,β-unsaturated/α-hetero) is 2. The number of rotatable bonds is 1. The highest BCUT2D eigenvalue weighted by molar-refractivity contribution is 7.79. The summed E-state index contributed by atoms with van der Waals surface area (Å²) < 4.78 is 0. The molecule has 0 amide bonds. The second-order valence-electron chi connectivity index (χ2n) is 2.56. The van der Waals surface area contributed by atoms with Gasteiger partial charge in [0.25, 0.3) is 0 Å². The van der Waals surface area contributed by atoms with Crippen LogP contribution >= 0.6 is 12.2 Å².